The zero-order chi connectivity index (χ0) is 13.4. The minimum absolute atomic E-state index is 0.133. The minimum atomic E-state index is -0.806. The van der Waals surface area contributed by atoms with Crippen molar-refractivity contribution in [2.24, 2.45) is 17.6 Å². The summed E-state index contributed by atoms with van der Waals surface area (Å²) in [5.41, 5.74) is 5.77. The van der Waals surface area contributed by atoms with E-state index in [1.54, 1.807) is 0 Å². The van der Waals surface area contributed by atoms with Crippen LogP contribution >= 0.6 is 0 Å². The van der Waals surface area contributed by atoms with Crippen molar-refractivity contribution in [3.05, 3.63) is 0 Å². The molecule has 3 atom stereocenters. The number of nitrogens with one attached hydrogen (secondary N) is 1. The van der Waals surface area contributed by atoms with Crippen molar-refractivity contribution >= 4 is 11.9 Å². The van der Waals surface area contributed by atoms with Crippen LogP contribution in [0.15, 0.2) is 0 Å². The molecule has 0 radical (unpaired) electrons. The summed E-state index contributed by atoms with van der Waals surface area (Å²) in [6.45, 7) is 6.33. The molecule has 0 aromatic rings. The molecule has 5 heteroatoms. The fourth-order valence-corrected chi connectivity index (χ4v) is 1.38. The Kier molecular flexibility index (Phi) is 7.54. The van der Waals surface area contributed by atoms with E-state index in [1.165, 1.54) is 0 Å². The first-order valence-electron chi connectivity index (χ1n) is 6.13. The molecule has 0 saturated heterocycles. The van der Waals surface area contributed by atoms with Crippen LogP contribution in [0.1, 0.15) is 40.0 Å². The maximum absolute atomic E-state index is 11.6. The van der Waals surface area contributed by atoms with Gasteiger partial charge in [-0.2, -0.15) is 0 Å². The van der Waals surface area contributed by atoms with Crippen LogP contribution in [0.4, 0.5) is 0 Å². The third-order valence-electron chi connectivity index (χ3n) is 3.04. The van der Waals surface area contributed by atoms with Crippen molar-refractivity contribution in [3.63, 3.8) is 0 Å². The number of carbonyl (C=O) groups is 2. The lowest BCUT2D eigenvalue weighted by atomic mass is 9.99. The Morgan fingerprint density at radius 2 is 1.94 bits per heavy atom. The predicted molar refractivity (Wildman–Crippen MR) is 66.5 cm³/mol. The van der Waals surface area contributed by atoms with Crippen LogP contribution in [0.25, 0.3) is 0 Å². The summed E-state index contributed by atoms with van der Waals surface area (Å²) in [4.78, 5) is 22.0. The summed E-state index contributed by atoms with van der Waals surface area (Å²) < 4.78 is 0. The summed E-state index contributed by atoms with van der Waals surface area (Å²) in [5, 5.41) is 11.3. The van der Waals surface area contributed by atoms with Crippen molar-refractivity contribution in [2.75, 3.05) is 6.54 Å². The number of rotatable bonds is 8. The molecular formula is C12H24N2O3. The van der Waals surface area contributed by atoms with Crippen LogP contribution in [-0.2, 0) is 9.59 Å². The van der Waals surface area contributed by atoms with E-state index < -0.39 is 12.0 Å². The van der Waals surface area contributed by atoms with Crippen molar-refractivity contribution in [2.45, 2.75) is 46.1 Å². The Morgan fingerprint density at radius 3 is 2.41 bits per heavy atom. The standard InChI is InChI=1S/C12H24N2O3/c1-4-9(3)11(13)12(17)14-7-8(2)5-6-10(15)16/h8-9,11H,4-7,13H2,1-3H3,(H,14,17)(H,15,16). The van der Waals surface area contributed by atoms with Gasteiger partial charge in [0.25, 0.3) is 0 Å². The first-order chi connectivity index (χ1) is 7.88. The highest BCUT2D eigenvalue weighted by Crippen LogP contribution is 2.07. The SMILES string of the molecule is CCC(C)C(N)C(=O)NCC(C)CCC(=O)O. The molecule has 0 rings (SSSR count). The Labute approximate surface area is 103 Å². The monoisotopic (exact) mass is 244 g/mol. The fraction of sp³-hybridized carbons (Fsp3) is 0.833. The van der Waals surface area contributed by atoms with Crippen molar-refractivity contribution in [1.29, 1.82) is 0 Å². The van der Waals surface area contributed by atoms with Gasteiger partial charge in [0.05, 0.1) is 6.04 Å². The number of carboxylic acid groups (broad SMARTS) is 1. The highest BCUT2D eigenvalue weighted by atomic mass is 16.4. The Balaban J connectivity index is 3.86. The highest BCUT2D eigenvalue weighted by Gasteiger charge is 2.19. The van der Waals surface area contributed by atoms with Gasteiger partial charge in [-0.3, -0.25) is 9.59 Å². The predicted octanol–water partition coefficient (Wildman–Crippen LogP) is 0.977. The van der Waals surface area contributed by atoms with Gasteiger partial charge in [0.15, 0.2) is 0 Å². The molecule has 3 unspecified atom stereocenters. The molecule has 0 aromatic carbocycles. The quantitative estimate of drug-likeness (QED) is 0.593. The molecule has 5 nitrogen and oxygen atoms in total. The highest BCUT2D eigenvalue weighted by molar-refractivity contribution is 5.81. The second-order valence-corrected chi connectivity index (χ2v) is 4.69. The van der Waals surface area contributed by atoms with Gasteiger partial charge in [-0.05, 0) is 18.3 Å². The molecule has 0 bridgehead atoms. The molecule has 4 N–H and O–H groups in total. The maximum atomic E-state index is 11.6. The molecule has 0 heterocycles. The van der Waals surface area contributed by atoms with Crippen molar-refractivity contribution in [3.8, 4) is 0 Å². The summed E-state index contributed by atoms with van der Waals surface area (Å²) >= 11 is 0. The largest absolute Gasteiger partial charge is 0.481 e. The first-order valence-corrected chi connectivity index (χ1v) is 6.13. The van der Waals surface area contributed by atoms with Gasteiger partial charge in [-0.25, -0.2) is 0 Å². The lowest BCUT2D eigenvalue weighted by molar-refractivity contribution is -0.137. The van der Waals surface area contributed by atoms with Crippen LogP contribution < -0.4 is 11.1 Å². The molecule has 0 spiro atoms. The topological polar surface area (TPSA) is 92.4 Å². The Hall–Kier alpha value is -1.10. The summed E-state index contributed by atoms with van der Waals surface area (Å²) in [7, 11) is 0. The first kappa shape index (κ1) is 15.9. The van der Waals surface area contributed by atoms with E-state index in [1.807, 2.05) is 20.8 Å². The van der Waals surface area contributed by atoms with Crippen LogP contribution in [0.2, 0.25) is 0 Å². The van der Waals surface area contributed by atoms with E-state index >= 15 is 0 Å². The molecule has 0 aliphatic rings. The molecule has 0 fully saturated rings. The van der Waals surface area contributed by atoms with Gasteiger partial charge < -0.3 is 16.2 Å². The number of amides is 1. The number of hydrogen-bond donors (Lipinski definition) is 3. The van der Waals surface area contributed by atoms with Gasteiger partial charge in [0.2, 0.25) is 5.91 Å². The van der Waals surface area contributed by atoms with E-state index in [2.05, 4.69) is 5.32 Å². The van der Waals surface area contributed by atoms with E-state index in [0.717, 1.165) is 6.42 Å². The van der Waals surface area contributed by atoms with Gasteiger partial charge >= 0.3 is 5.97 Å². The average Bonchev–Trinajstić information content (AvgIpc) is 2.31. The number of aliphatic carboxylic acids is 1. The zero-order valence-electron chi connectivity index (χ0n) is 10.9. The van der Waals surface area contributed by atoms with E-state index in [9.17, 15) is 9.59 Å². The second kappa shape index (κ2) is 8.06. The van der Waals surface area contributed by atoms with Crippen LogP contribution in [0.3, 0.4) is 0 Å². The molecule has 0 saturated carbocycles. The molecule has 100 valence electrons. The van der Waals surface area contributed by atoms with Gasteiger partial charge in [-0.15, -0.1) is 0 Å². The van der Waals surface area contributed by atoms with Crippen LogP contribution in [-0.4, -0.2) is 29.6 Å². The smallest absolute Gasteiger partial charge is 0.303 e. The minimum Gasteiger partial charge on any atom is -0.481 e. The van der Waals surface area contributed by atoms with E-state index in [4.69, 9.17) is 10.8 Å². The number of hydrogen-bond acceptors (Lipinski definition) is 3. The normalized spacial score (nSPS) is 16.0. The number of carbonyl (C=O) groups excluding carboxylic acids is 1. The molecule has 17 heavy (non-hydrogen) atoms. The molecule has 0 aliphatic carbocycles. The zero-order valence-corrected chi connectivity index (χ0v) is 10.9. The third kappa shape index (κ3) is 6.94. The molecule has 1 amide bonds. The van der Waals surface area contributed by atoms with Gasteiger partial charge in [0.1, 0.15) is 0 Å². The van der Waals surface area contributed by atoms with Crippen molar-refractivity contribution < 1.29 is 14.7 Å². The van der Waals surface area contributed by atoms with Crippen LogP contribution in [0.5, 0.6) is 0 Å². The second-order valence-electron chi connectivity index (χ2n) is 4.69. The summed E-state index contributed by atoms with van der Waals surface area (Å²) in [5.74, 6) is -0.649. The maximum Gasteiger partial charge on any atom is 0.303 e. The Bertz CT molecular complexity index is 256. The lowest BCUT2D eigenvalue weighted by Gasteiger charge is -2.19. The Morgan fingerprint density at radius 1 is 1.35 bits per heavy atom. The van der Waals surface area contributed by atoms with Crippen molar-refractivity contribution in [1.82, 2.24) is 5.32 Å². The average molecular weight is 244 g/mol. The van der Waals surface area contributed by atoms with E-state index in [-0.39, 0.29) is 24.2 Å². The molecule has 0 aliphatic heterocycles. The molecular weight excluding hydrogens is 220 g/mol. The third-order valence-corrected chi connectivity index (χ3v) is 3.04. The molecule has 0 aromatic heterocycles. The van der Waals surface area contributed by atoms with Crippen LogP contribution in [0, 0.1) is 11.8 Å². The number of nitrogens with two attached hydrogens (primary N) is 1. The van der Waals surface area contributed by atoms with E-state index in [0.29, 0.717) is 13.0 Å². The fourth-order valence-electron chi connectivity index (χ4n) is 1.38. The van der Waals surface area contributed by atoms with Gasteiger partial charge in [-0.1, -0.05) is 27.2 Å². The summed E-state index contributed by atoms with van der Waals surface area (Å²) in [6, 6.07) is -0.480. The van der Waals surface area contributed by atoms with Gasteiger partial charge in [0, 0.05) is 13.0 Å². The lowest BCUT2D eigenvalue weighted by Crippen LogP contribution is -2.45. The number of carboxylic acids is 1. The summed E-state index contributed by atoms with van der Waals surface area (Å²) in [6.07, 6.45) is 1.56.